The Morgan fingerprint density at radius 2 is 1.28 bits per heavy atom. The van der Waals surface area contributed by atoms with Crippen LogP contribution < -0.4 is 0 Å². The normalized spacial score (nSPS) is 13.1. The van der Waals surface area contributed by atoms with E-state index in [0.717, 1.165) is 44.2 Å². The zero-order chi connectivity index (χ0) is 21.7. The van der Waals surface area contributed by atoms with Crippen molar-refractivity contribution in [3.05, 3.63) is 35.1 Å². The summed E-state index contributed by atoms with van der Waals surface area (Å²) in [5.74, 6) is -1.88. The lowest BCUT2D eigenvalue weighted by Gasteiger charge is -2.33. The van der Waals surface area contributed by atoms with Crippen molar-refractivity contribution in [1.29, 1.82) is 0 Å². The first-order chi connectivity index (χ1) is 13.8. The zero-order valence-corrected chi connectivity index (χ0v) is 19.0. The Morgan fingerprint density at radius 3 is 1.79 bits per heavy atom. The van der Waals surface area contributed by atoms with Crippen molar-refractivity contribution in [3.63, 3.8) is 0 Å². The first-order valence-corrected chi connectivity index (χ1v) is 11.5. The fourth-order valence-electron chi connectivity index (χ4n) is 4.03. The van der Waals surface area contributed by atoms with E-state index in [9.17, 15) is 13.2 Å². The van der Waals surface area contributed by atoms with Crippen LogP contribution in [0.5, 0.6) is 0 Å². The number of methoxy groups -OCH3 is 1. The summed E-state index contributed by atoms with van der Waals surface area (Å²) in [6, 6.07) is 1.52. The van der Waals surface area contributed by atoms with Crippen LogP contribution in [-0.4, -0.2) is 12.7 Å². The highest BCUT2D eigenvalue weighted by Gasteiger charge is 2.28. The second-order valence-electron chi connectivity index (χ2n) is 8.86. The number of benzene rings is 1. The minimum atomic E-state index is -0.860. The molecule has 1 rings (SSSR count). The van der Waals surface area contributed by atoms with E-state index in [1.165, 1.54) is 44.9 Å². The minimum absolute atomic E-state index is 0.00728. The van der Waals surface area contributed by atoms with Crippen LogP contribution in [0.1, 0.15) is 103 Å². The number of hydrogen-bond acceptors (Lipinski definition) is 1. The summed E-state index contributed by atoms with van der Waals surface area (Å²) in [7, 11) is 1.79. The summed E-state index contributed by atoms with van der Waals surface area (Å²) in [6.45, 7) is 6.59. The van der Waals surface area contributed by atoms with Gasteiger partial charge in [0.05, 0.1) is 5.60 Å². The molecular weight excluding hydrogens is 373 g/mol. The van der Waals surface area contributed by atoms with Gasteiger partial charge in [0, 0.05) is 24.8 Å². The molecule has 1 nitrogen and oxygen atoms in total. The maximum Gasteiger partial charge on any atom is 0.132 e. The quantitative estimate of drug-likeness (QED) is 0.247. The van der Waals surface area contributed by atoms with Gasteiger partial charge >= 0.3 is 0 Å². The van der Waals surface area contributed by atoms with Gasteiger partial charge in [0.2, 0.25) is 0 Å². The van der Waals surface area contributed by atoms with Crippen LogP contribution in [0.4, 0.5) is 13.2 Å². The molecule has 0 spiro atoms. The highest BCUT2D eigenvalue weighted by Crippen LogP contribution is 2.31. The summed E-state index contributed by atoms with van der Waals surface area (Å²) in [5.41, 5.74) is -0.114. The molecule has 0 aliphatic heterocycles. The minimum Gasteiger partial charge on any atom is -0.379 e. The molecule has 0 aliphatic rings. The molecule has 0 saturated carbocycles. The van der Waals surface area contributed by atoms with Gasteiger partial charge in [-0.15, -0.1) is 0 Å². The van der Waals surface area contributed by atoms with Gasteiger partial charge in [0.1, 0.15) is 17.5 Å². The second kappa shape index (κ2) is 14.1. The second-order valence-corrected chi connectivity index (χ2v) is 8.86. The fourth-order valence-corrected chi connectivity index (χ4v) is 4.03. The Labute approximate surface area is 176 Å². The summed E-state index contributed by atoms with van der Waals surface area (Å²) in [5, 5.41) is 0. The smallest absolute Gasteiger partial charge is 0.132 e. The maximum absolute atomic E-state index is 13.7. The highest BCUT2D eigenvalue weighted by atomic mass is 19.1. The van der Waals surface area contributed by atoms with Crippen molar-refractivity contribution in [2.75, 3.05) is 7.11 Å². The van der Waals surface area contributed by atoms with Crippen LogP contribution in [0, 0.1) is 23.4 Å². The van der Waals surface area contributed by atoms with Crippen LogP contribution in [0.2, 0.25) is 0 Å². The van der Waals surface area contributed by atoms with Crippen molar-refractivity contribution in [2.45, 2.75) is 110 Å². The molecule has 0 aliphatic carbocycles. The average Bonchev–Trinajstić information content (AvgIpc) is 2.66. The molecule has 0 amide bonds. The summed E-state index contributed by atoms with van der Waals surface area (Å²) in [4.78, 5) is 0. The molecule has 0 heterocycles. The van der Waals surface area contributed by atoms with E-state index >= 15 is 0 Å². The Bertz CT molecular complexity index is 548. The lowest BCUT2D eigenvalue weighted by atomic mass is 9.82. The third kappa shape index (κ3) is 10.0. The van der Waals surface area contributed by atoms with Crippen molar-refractivity contribution in [2.24, 2.45) is 5.92 Å². The lowest BCUT2D eigenvalue weighted by molar-refractivity contribution is -0.0352. The summed E-state index contributed by atoms with van der Waals surface area (Å²) < 4.78 is 46.1. The van der Waals surface area contributed by atoms with Crippen LogP contribution in [0.3, 0.4) is 0 Å². The standard InChI is InChI=1S/C25H41F3O/c1-5-6-7-8-9-12-15-20(25(2,3)29-4)16-13-10-11-14-17-22-23(27)18-21(26)19-24(22)28/h18-20H,5-17H2,1-4H3. The van der Waals surface area contributed by atoms with Crippen molar-refractivity contribution < 1.29 is 17.9 Å². The van der Waals surface area contributed by atoms with Crippen molar-refractivity contribution >= 4 is 0 Å². The van der Waals surface area contributed by atoms with Gasteiger partial charge in [-0.3, -0.25) is 0 Å². The van der Waals surface area contributed by atoms with Gasteiger partial charge in [-0.25, -0.2) is 13.2 Å². The predicted octanol–water partition coefficient (Wildman–Crippen LogP) is 8.39. The van der Waals surface area contributed by atoms with Crippen LogP contribution >= 0.6 is 0 Å². The fraction of sp³-hybridized carbons (Fsp3) is 0.760. The van der Waals surface area contributed by atoms with Gasteiger partial charge in [-0.2, -0.15) is 0 Å². The molecule has 1 atom stereocenters. The predicted molar refractivity (Wildman–Crippen MR) is 116 cm³/mol. The molecule has 0 radical (unpaired) electrons. The number of unbranched alkanes of at least 4 members (excludes halogenated alkanes) is 8. The van der Waals surface area contributed by atoms with E-state index in [2.05, 4.69) is 20.8 Å². The number of halogens is 3. The lowest BCUT2D eigenvalue weighted by Crippen LogP contribution is -2.33. The largest absolute Gasteiger partial charge is 0.379 e. The van der Waals surface area contributed by atoms with Crippen molar-refractivity contribution in [3.8, 4) is 0 Å². The van der Waals surface area contributed by atoms with Crippen LogP contribution in [0.15, 0.2) is 12.1 Å². The molecule has 4 heteroatoms. The summed E-state index contributed by atoms with van der Waals surface area (Å²) >= 11 is 0. The molecule has 0 fully saturated rings. The maximum atomic E-state index is 13.7. The van der Waals surface area contributed by atoms with Gasteiger partial charge in [-0.05, 0) is 45.4 Å². The molecule has 1 aromatic rings. The Hall–Kier alpha value is -1.03. The molecule has 0 bridgehead atoms. The van der Waals surface area contributed by atoms with Crippen molar-refractivity contribution in [1.82, 2.24) is 0 Å². The van der Waals surface area contributed by atoms with E-state index in [1.54, 1.807) is 7.11 Å². The van der Waals surface area contributed by atoms with Gasteiger partial charge in [0.15, 0.2) is 0 Å². The van der Waals surface area contributed by atoms with E-state index in [1.807, 2.05) is 0 Å². The van der Waals surface area contributed by atoms with Crippen LogP contribution in [-0.2, 0) is 11.2 Å². The molecule has 29 heavy (non-hydrogen) atoms. The number of ether oxygens (including phenoxy) is 1. The van der Waals surface area contributed by atoms with Gasteiger partial charge < -0.3 is 4.74 Å². The summed E-state index contributed by atoms with van der Waals surface area (Å²) in [6.07, 6.45) is 14.2. The SMILES string of the molecule is CCCCCCCCC(CCCCCCc1c(F)cc(F)cc1F)C(C)(C)OC. The molecule has 0 saturated heterocycles. The Balaban J connectivity index is 2.31. The average molecular weight is 415 g/mol. The first kappa shape index (κ1) is 26.0. The monoisotopic (exact) mass is 414 g/mol. The Morgan fingerprint density at radius 1 is 0.793 bits per heavy atom. The molecule has 1 unspecified atom stereocenters. The van der Waals surface area contributed by atoms with Crippen LogP contribution in [0.25, 0.3) is 0 Å². The number of hydrogen-bond donors (Lipinski definition) is 0. The van der Waals surface area contributed by atoms with E-state index in [0.29, 0.717) is 12.3 Å². The topological polar surface area (TPSA) is 9.23 Å². The first-order valence-electron chi connectivity index (χ1n) is 11.5. The molecule has 0 aromatic heterocycles. The Kier molecular flexibility index (Phi) is 12.6. The zero-order valence-electron chi connectivity index (χ0n) is 19.0. The third-order valence-electron chi connectivity index (χ3n) is 6.25. The third-order valence-corrected chi connectivity index (χ3v) is 6.25. The number of rotatable bonds is 16. The van der Waals surface area contributed by atoms with Gasteiger partial charge in [-0.1, -0.05) is 64.7 Å². The van der Waals surface area contributed by atoms with E-state index < -0.39 is 17.5 Å². The van der Waals surface area contributed by atoms with E-state index in [4.69, 9.17) is 4.74 Å². The van der Waals surface area contributed by atoms with Gasteiger partial charge in [0.25, 0.3) is 0 Å². The molecule has 1 aromatic carbocycles. The molecule has 168 valence electrons. The van der Waals surface area contributed by atoms with E-state index in [-0.39, 0.29) is 11.2 Å². The molecule has 0 N–H and O–H groups in total. The molecular formula is C25H41F3O. The highest BCUT2D eigenvalue weighted by molar-refractivity contribution is 5.20.